The number of ether oxygens (including phenoxy) is 1. The predicted molar refractivity (Wildman–Crippen MR) is 125 cm³/mol. The Balaban J connectivity index is 1.66. The molecule has 31 heavy (non-hydrogen) atoms. The first-order chi connectivity index (χ1) is 14.5. The van der Waals surface area contributed by atoms with E-state index in [9.17, 15) is 9.59 Å². The van der Waals surface area contributed by atoms with Crippen LogP contribution >= 0.6 is 12.2 Å². The third kappa shape index (κ3) is 3.63. The van der Waals surface area contributed by atoms with E-state index in [1.165, 1.54) is 20.9 Å². The third-order valence-electron chi connectivity index (χ3n) is 6.65. The minimum atomic E-state index is -0.605. The zero-order valence-corrected chi connectivity index (χ0v) is 19.5. The van der Waals surface area contributed by atoms with Crippen molar-refractivity contribution in [3.05, 3.63) is 59.2 Å². The maximum Gasteiger partial charge on any atom is 0.323 e. The minimum absolute atomic E-state index is 0.00194. The van der Waals surface area contributed by atoms with Crippen LogP contribution in [-0.2, 0) is 27.0 Å². The zero-order chi connectivity index (χ0) is 22.6. The third-order valence-corrected chi connectivity index (χ3v) is 7.05. The summed E-state index contributed by atoms with van der Waals surface area (Å²) in [5, 5.41) is 0.221. The van der Waals surface area contributed by atoms with Crippen molar-refractivity contribution < 1.29 is 14.3 Å². The molecule has 2 aromatic carbocycles. The Kier molecular flexibility index (Phi) is 5.16. The van der Waals surface area contributed by atoms with Crippen molar-refractivity contribution in [2.24, 2.45) is 0 Å². The molecule has 2 aromatic rings. The van der Waals surface area contributed by atoms with Gasteiger partial charge in [0.25, 0.3) is 0 Å². The first kappa shape index (κ1) is 21.5. The standard InChI is InChI=1S/C25H28N2O3S/c1-24(2)12-13-25(3,4)20-14-17(8-11-19(20)24)27-22(29)21(28)26(23(27)31)15-16-6-9-18(30-5)10-7-16/h6-11,14H,12-13,15H2,1-5H3. The summed E-state index contributed by atoms with van der Waals surface area (Å²) in [6, 6.07) is 13.4. The Labute approximate surface area is 189 Å². The van der Waals surface area contributed by atoms with Crippen molar-refractivity contribution >= 4 is 34.8 Å². The van der Waals surface area contributed by atoms with Gasteiger partial charge in [0.05, 0.1) is 19.3 Å². The largest absolute Gasteiger partial charge is 0.497 e. The van der Waals surface area contributed by atoms with Crippen LogP contribution in [0.2, 0.25) is 0 Å². The number of amides is 2. The van der Waals surface area contributed by atoms with E-state index in [-0.39, 0.29) is 22.5 Å². The van der Waals surface area contributed by atoms with Crippen LogP contribution in [0.15, 0.2) is 42.5 Å². The van der Waals surface area contributed by atoms with Gasteiger partial charge in [0, 0.05) is 0 Å². The molecule has 0 atom stereocenters. The van der Waals surface area contributed by atoms with Crippen LogP contribution in [-0.4, -0.2) is 28.9 Å². The number of carbonyl (C=O) groups is 2. The lowest BCUT2D eigenvalue weighted by molar-refractivity contribution is -0.139. The van der Waals surface area contributed by atoms with Crippen LogP contribution in [0.1, 0.15) is 57.2 Å². The van der Waals surface area contributed by atoms with E-state index in [0.29, 0.717) is 5.69 Å². The fourth-order valence-corrected chi connectivity index (χ4v) is 4.84. The summed E-state index contributed by atoms with van der Waals surface area (Å²) in [5.41, 5.74) is 4.13. The maximum atomic E-state index is 12.9. The quantitative estimate of drug-likeness (QED) is 0.515. The highest BCUT2D eigenvalue weighted by Gasteiger charge is 2.44. The number of anilines is 1. The number of carbonyl (C=O) groups excluding carboxylic acids is 2. The molecular formula is C25H28N2O3S. The van der Waals surface area contributed by atoms with Gasteiger partial charge in [-0.1, -0.05) is 45.9 Å². The van der Waals surface area contributed by atoms with Gasteiger partial charge >= 0.3 is 11.8 Å². The molecule has 0 N–H and O–H groups in total. The molecule has 1 aliphatic heterocycles. The lowest BCUT2D eigenvalue weighted by Gasteiger charge is -2.42. The predicted octanol–water partition coefficient (Wildman–Crippen LogP) is 4.70. The molecule has 1 heterocycles. The summed E-state index contributed by atoms with van der Waals surface area (Å²) in [6.45, 7) is 9.22. The lowest BCUT2D eigenvalue weighted by Crippen LogP contribution is -2.36. The summed E-state index contributed by atoms with van der Waals surface area (Å²) < 4.78 is 5.18. The van der Waals surface area contributed by atoms with Crippen molar-refractivity contribution in [3.63, 3.8) is 0 Å². The Morgan fingerprint density at radius 1 is 0.903 bits per heavy atom. The molecule has 1 saturated heterocycles. The van der Waals surface area contributed by atoms with Gasteiger partial charge in [0.2, 0.25) is 0 Å². The normalized spacial score (nSPS) is 19.6. The molecule has 0 unspecified atom stereocenters. The molecule has 6 heteroatoms. The van der Waals surface area contributed by atoms with Crippen molar-refractivity contribution in [2.45, 2.75) is 57.9 Å². The number of fused-ring (bicyclic) bond motifs is 1. The second-order valence-electron chi connectivity index (χ2n) is 9.66. The number of rotatable bonds is 4. The first-order valence-electron chi connectivity index (χ1n) is 10.5. The van der Waals surface area contributed by atoms with E-state index in [0.717, 1.165) is 24.2 Å². The highest BCUT2D eigenvalue weighted by Crippen LogP contribution is 2.47. The maximum absolute atomic E-state index is 12.9. The van der Waals surface area contributed by atoms with Crippen LogP contribution in [0, 0.1) is 0 Å². The SMILES string of the molecule is COc1ccc(CN2C(=O)C(=O)N(c3ccc4c(c3)C(C)(C)CCC4(C)C)C2=S)cc1. The van der Waals surface area contributed by atoms with Crippen LogP contribution in [0.3, 0.4) is 0 Å². The Morgan fingerprint density at radius 3 is 2.13 bits per heavy atom. The second-order valence-corrected chi connectivity index (χ2v) is 10.0. The van der Waals surface area contributed by atoms with Crippen LogP contribution < -0.4 is 9.64 Å². The second kappa shape index (κ2) is 7.45. The molecule has 0 saturated carbocycles. The summed E-state index contributed by atoms with van der Waals surface area (Å²) in [4.78, 5) is 28.4. The number of thiocarbonyl (C=S) groups is 1. The lowest BCUT2D eigenvalue weighted by atomic mass is 9.63. The smallest absolute Gasteiger partial charge is 0.323 e. The van der Waals surface area contributed by atoms with Gasteiger partial charge in [-0.3, -0.25) is 14.5 Å². The van der Waals surface area contributed by atoms with Crippen molar-refractivity contribution in [3.8, 4) is 5.75 Å². The van der Waals surface area contributed by atoms with E-state index in [1.807, 2.05) is 36.4 Å². The number of methoxy groups -OCH3 is 1. The summed E-state index contributed by atoms with van der Waals surface area (Å²) in [5.74, 6) is -0.471. The zero-order valence-electron chi connectivity index (χ0n) is 18.7. The number of hydrogen-bond acceptors (Lipinski definition) is 4. The first-order valence-corrected chi connectivity index (χ1v) is 10.9. The van der Waals surface area contributed by atoms with Crippen LogP contribution in [0.25, 0.3) is 0 Å². The Hall–Kier alpha value is -2.73. The van der Waals surface area contributed by atoms with Gasteiger partial charge < -0.3 is 4.74 Å². The number of nitrogens with zero attached hydrogens (tertiary/aromatic N) is 2. The topological polar surface area (TPSA) is 49.9 Å². The van der Waals surface area contributed by atoms with E-state index in [4.69, 9.17) is 17.0 Å². The van der Waals surface area contributed by atoms with E-state index < -0.39 is 11.8 Å². The van der Waals surface area contributed by atoms with Crippen molar-refractivity contribution in [2.75, 3.05) is 12.0 Å². The van der Waals surface area contributed by atoms with Gasteiger partial charge in [0.1, 0.15) is 5.75 Å². The van der Waals surface area contributed by atoms with Crippen LogP contribution in [0.5, 0.6) is 5.75 Å². The Bertz CT molecular complexity index is 1070. The molecule has 5 nitrogen and oxygen atoms in total. The van der Waals surface area contributed by atoms with E-state index >= 15 is 0 Å². The molecule has 0 bridgehead atoms. The van der Waals surface area contributed by atoms with Crippen molar-refractivity contribution in [1.29, 1.82) is 0 Å². The molecule has 0 aromatic heterocycles. The highest BCUT2D eigenvalue weighted by molar-refractivity contribution is 7.80. The molecule has 0 spiro atoms. The van der Waals surface area contributed by atoms with Crippen molar-refractivity contribution in [1.82, 2.24) is 4.90 Å². The Morgan fingerprint density at radius 2 is 1.52 bits per heavy atom. The van der Waals surface area contributed by atoms with Gasteiger partial charge in [-0.2, -0.15) is 0 Å². The molecule has 2 aliphatic rings. The van der Waals surface area contributed by atoms with Crippen LogP contribution in [0.4, 0.5) is 5.69 Å². The summed E-state index contributed by atoms with van der Waals surface area (Å²) in [6.07, 6.45) is 2.18. The molecule has 1 aliphatic carbocycles. The minimum Gasteiger partial charge on any atom is -0.497 e. The summed E-state index contributed by atoms with van der Waals surface area (Å²) in [7, 11) is 1.60. The molecule has 1 fully saturated rings. The van der Waals surface area contributed by atoms with Gasteiger partial charge in [0.15, 0.2) is 5.11 Å². The van der Waals surface area contributed by atoms with Gasteiger partial charge in [-0.15, -0.1) is 0 Å². The monoisotopic (exact) mass is 436 g/mol. The van der Waals surface area contributed by atoms with E-state index in [1.54, 1.807) is 7.11 Å². The fraction of sp³-hybridized carbons (Fsp3) is 0.400. The van der Waals surface area contributed by atoms with Gasteiger partial charge in [-0.25, -0.2) is 4.90 Å². The average Bonchev–Trinajstić information content (AvgIpc) is 2.95. The van der Waals surface area contributed by atoms with E-state index in [2.05, 4.69) is 33.8 Å². The summed E-state index contributed by atoms with van der Waals surface area (Å²) >= 11 is 5.59. The number of benzene rings is 2. The average molecular weight is 437 g/mol. The molecule has 162 valence electrons. The van der Waals surface area contributed by atoms with Gasteiger partial charge in [-0.05, 0) is 76.8 Å². The molecular weight excluding hydrogens is 408 g/mol. The fourth-order valence-electron chi connectivity index (χ4n) is 4.50. The number of hydrogen-bond donors (Lipinski definition) is 0. The molecule has 4 rings (SSSR count). The molecule has 0 radical (unpaired) electrons. The highest BCUT2D eigenvalue weighted by atomic mass is 32.1. The molecule has 2 amide bonds.